The minimum Gasteiger partial charge on any atom is -0.497 e. The zero-order valence-corrected chi connectivity index (χ0v) is 14.2. The van der Waals surface area contributed by atoms with E-state index in [4.69, 9.17) is 4.74 Å². The summed E-state index contributed by atoms with van der Waals surface area (Å²) in [6.45, 7) is 0.908. The fourth-order valence-corrected chi connectivity index (χ4v) is 3.28. The van der Waals surface area contributed by atoms with Crippen LogP contribution in [0.1, 0.15) is 11.6 Å². The molecule has 3 aromatic carbocycles. The second-order valence-electron chi connectivity index (χ2n) is 6.14. The summed E-state index contributed by atoms with van der Waals surface area (Å²) in [6.07, 6.45) is 2.21. The molecule has 0 radical (unpaired) electrons. The monoisotopic (exact) mass is 329 g/mol. The predicted molar refractivity (Wildman–Crippen MR) is 102 cm³/mol. The first-order valence-corrected chi connectivity index (χ1v) is 8.49. The van der Waals surface area contributed by atoms with Gasteiger partial charge in [0.05, 0.1) is 7.11 Å². The Labute approximate surface area is 148 Å². The van der Waals surface area contributed by atoms with Gasteiger partial charge in [0.2, 0.25) is 6.34 Å². The van der Waals surface area contributed by atoms with Crippen LogP contribution < -0.4 is 9.64 Å². The van der Waals surface area contributed by atoms with E-state index < -0.39 is 0 Å². The van der Waals surface area contributed by atoms with Crippen LogP contribution in [-0.2, 0) is 0 Å². The fourth-order valence-electron chi connectivity index (χ4n) is 3.28. The van der Waals surface area contributed by atoms with Gasteiger partial charge in [0.15, 0.2) is 6.04 Å². The van der Waals surface area contributed by atoms with E-state index in [2.05, 4.69) is 88.6 Å². The molecule has 0 fully saturated rings. The Morgan fingerprint density at radius 3 is 2.12 bits per heavy atom. The van der Waals surface area contributed by atoms with E-state index in [9.17, 15) is 0 Å². The number of hydrogen-bond donors (Lipinski definition) is 0. The molecule has 0 bridgehead atoms. The number of ether oxygens (including phenoxy) is 1. The zero-order chi connectivity index (χ0) is 17.1. The van der Waals surface area contributed by atoms with Gasteiger partial charge in [-0.1, -0.05) is 48.5 Å². The van der Waals surface area contributed by atoms with E-state index in [0.717, 1.165) is 12.3 Å². The van der Waals surface area contributed by atoms with Crippen molar-refractivity contribution in [2.75, 3.05) is 18.6 Å². The summed E-state index contributed by atoms with van der Waals surface area (Å²) in [7, 11) is 1.70. The molecule has 1 aliphatic rings. The summed E-state index contributed by atoms with van der Waals surface area (Å²) in [5, 5.41) is 0. The van der Waals surface area contributed by atoms with E-state index in [0.29, 0.717) is 0 Å². The number of anilines is 1. The molecule has 1 aliphatic heterocycles. The first-order valence-electron chi connectivity index (χ1n) is 8.49. The summed E-state index contributed by atoms with van der Waals surface area (Å²) in [5.74, 6) is 0.886. The van der Waals surface area contributed by atoms with E-state index in [-0.39, 0.29) is 6.04 Å². The second-order valence-corrected chi connectivity index (χ2v) is 6.14. The van der Waals surface area contributed by atoms with Gasteiger partial charge in [-0.2, -0.15) is 0 Å². The molecule has 25 heavy (non-hydrogen) atoms. The van der Waals surface area contributed by atoms with Crippen LogP contribution in [0, 0.1) is 0 Å². The van der Waals surface area contributed by atoms with Crippen molar-refractivity contribution in [1.29, 1.82) is 0 Å². The van der Waals surface area contributed by atoms with Crippen LogP contribution >= 0.6 is 0 Å². The molecule has 0 aromatic heterocycles. The summed E-state index contributed by atoms with van der Waals surface area (Å²) in [5.41, 5.74) is 3.68. The van der Waals surface area contributed by atoms with Crippen LogP contribution in [0.5, 0.6) is 5.75 Å². The largest absolute Gasteiger partial charge is 0.497 e. The lowest BCUT2D eigenvalue weighted by Crippen LogP contribution is -2.23. The maximum atomic E-state index is 5.30. The molecule has 1 atom stereocenters. The minimum absolute atomic E-state index is 0.258. The minimum atomic E-state index is 0.258. The highest BCUT2D eigenvalue weighted by atomic mass is 16.5. The third kappa shape index (κ3) is 3.13. The molecular weight excluding hydrogens is 308 g/mol. The number of para-hydroxylation sites is 2. The van der Waals surface area contributed by atoms with Gasteiger partial charge >= 0.3 is 0 Å². The van der Waals surface area contributed by atoms with Crippen molar-refractivity contribution in [3.05, 3.63) is 90.5 Å². The molecule has 3 aromatic rings. The quantitative estimate of drug-likeness (QED) is 0.649. The molecule has 1 heterocycles. The van der Waals surface area contributed by atoms with Crippen LogP contribution in [0.4, 0.5) is 11.4 Å². The van der Waals surface area contributed by atoms with Gasteiger partial charge in [0, 0.05) is 5.56 Å². The lowest BCUT2D eigenvalue weighted by Gasteiger charge is -2.17. The molecule has 0 N–H and O–H groups in total. The first kappa shape index (κ1) is 15.5. The Hall–Kier alpha value is -3.07. The standard InChI is InChI=1S/C22H21N2O/c1-25-21-14-12-18(13-15-21)22-16-23(19-8-4-2-5-9-19)17-24(22)20-10-6-3-7-11-20/h2-15,17,22H,16H2,1H3/q+1. The van der Waals surface area contributed by atoms with Gasteiger partial charge in [-0.05, 0) is 36.4 Å². The van der Waals surface area contributed by atoms with E-state index in [1.165, 1.54) is 16.9 Å². The van der Waals surface area contributed by atoms with E-state index in [1.807, 2.05) is 12.1 Å². The third-order valence-corrected chi connectivity index (χ3v) is 4.61. The van der Waals surface area contributed by atoms with Crippen molar-refractivity contribution in [2.24, 2.45) is 0 Å². The Kier molecular flexibility index (Phi) is 4.21. The highest BCUT2D eigenvalue weighted by molar-refractivity contribution is 5.79. The van der Waals surface area contributed by atoms with Crippen molar-refractivity contribution in [1.82, 2.24) is 0 Å². The molecule has 3 nitrogen and oxygen atoms in total. The summed E-state index contributed by atoms with van der Waals surface area (Å²) in [4.78, 5) is 2.34. The van der Waals surface area contributed by atoms with Crippen molar-refractivity contribution >= 4 is 17.7 Å². The SMILES string of the molecule is COc1ccc(C2C[N+](c3ccccc3)=CN2c2ccccc2)cc1. The van der Waals surface area contributed by atoms with Gasteiger partial charge in [0.25, 0.3) is 0 Å². The zero-order valence-electron chi connectivity index (χ0n) is 14.2. The van der Waals surface area contributed by atoms with Crippen LogP contribution in [0.15, 0.2) is 84.9 Å². The van der Waals surface area contributed by atoms with Crippen molar-refractivity contribution in [3.63, 3.8) is 0 Å². The number of methoxy groups -OCH3 is 1. The third-order valence-electron chi connectivity index (χ3n) is 4.61. The molecule has 0 amide bonds. The van der Waals surface area contributed by atoms with E-state index >= 15 is 0 Å². The van der Waals surface area contributed by atoms with Crippen LogP contribution in [0.2, 0.25) is 0 Å². The molecule has 4 rings (SSSR count). The van der Waals surface area contributed by atoms with Crippen molar-refractivity contribution < 1.29 is 9.31 Å². The van der Waals surface area contributed by atoms with Crippen LogP contribution in [0.25, 0.3) is 0 Å². The predicted octanol–water partition coefficient (Wildman–Crippen LogP) is 4.63. The first-order chi connectivity index (χ1) is 12.3. The Morgan fingerprint density at radius 2 is 1.48 bits per heavy atom. The lowest BCUT2D eigenvalue weighted by atomic mass is 10.1. The van der Waals surface area contributed by atoms with Crippen molar-refractivity contribution in [3.8, 4) is 5.75 Å². The molecule has 3 heteroatoms. The molecule has 124 valence electrons. The molecule has 0 aliphatic carbocycles. The lowest BCUT2D eigenvalue weighted by molar-refractivity contribution is -0.429. The van der Waals surface area contributed by atoms with Crippen molar-refractivity contribution in [2.45, 2.75) is 6.04 Å². The second kappa shape index (κ2) is 6.81. The normalized spacial score (nSPS) is 16.6. The molecule has 0 saturated heterocycles. The maximum Gasteiger partial charge on any atom is 0.245 e. The van der Waals surface area contributed by atoms with Gasteiger partial charge in [-0.3, -0.25) is 0 Å². The van der Waals surface area contributed by atoms with Gasteiger partial charge < -0.3 is 4.74 Å². The fraction of sp³-hybridized carbons (Fsp3) is 0.136. The Bertz CT molecular complexity index is 858. The van der Waals surface area contributed by atoms with Gasteiger partial charge in [0.1, 0.15) is 23.7 Å². The summed E-state index contributed by atoms with van der Waals surface area (Å²) in [6, 6.07) is 29.7. The average Bonchev–Trinajstić information content (AvgIpc) is 3.15. The number of benzene rings is 3. The van der Waals surface area contributed by atoms with E-state index in [1.54, 1.807) is 7.11 Å². The number of hydrogen-bond acceptors (Lipinski definition) is 2. The van der Waals surface area contributed by atoms with Crippen LogP contribution in [-0.4, -0.2) is 24.6 Å². The van der Waals surface area contributed by atoms with Gasteiger partial charge in [-0.15, -0.1) is 0 Å². The van der Waals surface area contributed by atoms with Crippen LogP contribution in [0.3, 0.4) is 0 Å². The average molecular weight is 329 g/mol. The highest BCUT2D eigenvalue weighted by Crippen LogP contribution is 2.32. The molecule has 1 unspecified atom stereocenters. The smallest absolute Gasteiger partial charge is 0.245 e. The highest BCUT2D eigenvalue weighted by Gasteiger charge is 2.35. The molecular formula is C22H21N2O+. The molecule has 0 saturated carbocycles. The number of nitrogens with zero attached hydrogens (tertiary/aromatic N) is 2. The Morgan fingerprint density at radius 1 is 0.840 bits per heavy atom. The number of rotatable bonds is 4. The van der Waals surface area contributed by atoms with Gasteiger partial charge in [-0.25, -0.2) is 9.48 Å². The molecule has 0 spiro atoms. The summed E-state index contributed by atoms with van der Waals surface area (Å²) < 4.78 is 7.61. The summed E-state index contributed by atoms with van der Waals surface area (Å²) >= 11 is 0. The topological polar surface area (TPSA) is 15.5 Å². The Balaban J connectivity index is 1.72. The maximum absolute atomic E-state index is 5.30.